The molecule has 1 aliphatic carbocycles. The molecular weight excluding hydrogens is 250 g/mol. The van der Waals surface area contributed by atoms with Gasteiger partial charge in [0.1, 0.15) is 5.60 Å². The van der Waals surface area contributed by atoms with Gasteiger partial charge in [-0.05, 0) is 33.1 Å². The lowest BCUT2D eigenvalue weighted by atomic mass is 10.1. The highest BCUT2D eigenvalue weighted by atomic mass is 16.6. The van der Waals surface area contributed by atoms with Crippen LogP contribution in [0.5, 0.6) is 0 Å². The highest BCUT2D eigenvalue weighted by Crippen LogP contribution is 2.51. The maximum atomic E-state index is 12.0. The van der Waals surface area contributed by atoms with Crippen LogP contribution in [-0.2, 0) is 19.1 Å². The van der Waals surface area contributed by atoms with Crippen molar-refractivity contribution in [1.82, 2.24) is 4.90 Å². The molecule has 0 radical (unpaired) electrons. The van der Waals surface area contributed by atoms with Crippen LogP contribution in [0.25, 0.3) is 0 Å². The molecule has 0 unspecified atom stereocenters. The Kier molecular flexibility index (Phi) is 3.28. The Labute approximate surface area is 112 Å². The van der Waals surface area contributed by atoms with Gasteiger partial charge in [-0.3, -0.25) is 9.59 Å². The van der Waals surface area contributed by atoms with Gasteiger partial charge in [0.15, 0.2) is 0 Å². The van der Waals surface area contributed by atoms with Gasteiger partial charge in [-0.15, -0.1) is 0 Å². The normalized spacial score (nSPS) is 28.9. The zero-order valence-corrected chi connectivity index (χ0v) is 11.6. The SMILES string of the molecule is COC(=O)C[C@H]1[C@@H]2C[C@@H]2C(=O)N1C(=O)OC(C)(C)C. The molecule has 6 heteroatoms. The number of carbonyl (C=O) groups is 3. The molecule has 2 fully saturated rings. The number of carbonyl (C=O) groups excluding carboxylic acids is 3. The summed E-state index contributed by atoms with van der Waals surface area (Å²) in [7, 11) is 1.29. The minimum absolute atomic E-state index is 0.0443. The second-order valence-corrected chi connectivity index (χ2v) is 6.04. The lowest BCUT2D eigenvalue weighted by Crippen LogP contribution is -2.45. The molecule has 1 saturated heterocycles. The second-order valence-electron chi connectivity index (χ2n) is 6.04. The van der Waals surface area contributed by atoms with Crippen molar-refractivity contribution < 1.29 is 23.9 Å². The van der Waals surface area contributed by atoms with E-state index in [1.165, 1.54) is 7.11 Å². The quantitative estimate of drug-likeness (QED) is 0.707. The lowest BCUT2D eigenvalue weighted by Gasteiger charge is -2.28. The summed E-state index contributed by atoms with van der Waals surface area (Å²) < 4.78 is 9.83. The lowest BCUT2D eigenvalue weighted by molar-refractivity contribution is -0.142. The predicted octanol–water partition coefficient (Wildman–Crippen LogP) is 1.33. The van der Waals surface area contributed by atoms with Crippen molar-refractivity contribution in [2.45, 2.75) is 45.3 Å². The number of likely N-dealkylation sites (tertiary alicyclic amines) is 1. The van der Waals surface area contributed by atoms with Gasteiger partial charge < -0.3 is 9.47 Å². The minimum Gasteiger partial charge on any atom is -0.469 e. The Balaban J connectivity index is 2.10. The Hall–Kier alpha value is -1.59. The van der Waals surface area contributed by atoms with Crippen LogP contribution in [0.4, 0.5) is 4.79 Å². The largest absolute Gasteiger partial charge is 0.469 e. The number of rotatable bonds is 2. The molecule has 1 heterocycles. The third-order valence-electron chi connectivity index (χ3n) is 3.41. The van der Waals surface area contributed by atoms with Crippen LogP contribution in [0.15, 0.2) is 0 Å². The van der Waals surface area contributed by atoms with Gasteiger partial charge in [-0.25, -0.2) is 9.69 Å². The average Bonchev–Trinajstić information content (AvgIpc) is 3.00. The van der Waals surface area contributed by atoms with Crippen LogP contribution in [-0.4, -0.2) is 41.6 Å². The van der Waals surface area contributed by atoms with Crippen LogP contribution < -0.4 is 0 Å². The highest BCUT2D eigenvalue weighted by Gasteiger charge is 2.61. The fourth-order valence-electron chi connectivity index (χ4n) is 2.49. The number of imide groups is 1. The molecule has 19 heavy (non-hydrogen) atoms. The highest BCUT2D eigenvalue weighted by molar-refractivity contribution is 5.98. The number of piperidine rings is 1. The van der Waals surface area contributed by atoms with E-state index in [-0.39, 0.29) is 24.2 Å². The van der Waals surface area contributed by atoms with Crippen LogP contribution in [0, 0.1) is 11.8 Å². The van der Waals surface area contributed by atoms with Crippen molar-refractivity contribution in [3.05, 3.63) is 0 Å². The van der Waals surface area contributed by atoms with Crippen LogP contribution in [0.2, 0.25) is 0 Å². The molecule has 2 aliphatic rings. The molecule has 106 valence electrons. The molecule has 3 atom stereocenters. The van der Waals surface area contributed by atoms with E-state index in [4.69, 9.17) is 4.74 Å². The number of fused-ring (bicyclic) bond motifs is 1. The van der Waals surface area contributed by atoms with Crippen molar-refractivity contribution in [3.63, 3.8) is 0 Å². The summed E-state index contributed by atoms with van der Waals surface area (Å²) >= 11 is 0. The first-order chi connectivity index (χ1) is 8.74. The molecule has 0 bridgehead atoms. The van der Waals surface area contributed by atoms with Crippen molar-refractivity contribution in [1.29, 1.82) is 0 Å². The number of hydrogen-bond donors (Lipinski definition) is 0. The summed E-state index contributed by atoms with van der Waals surface area (Å²) in [6.45, 7) is 5.21. The van der Waals surface area contributed by atoms with Gasteiger partial charge >= 0.3 is 12.1 Å². The van der Waals surface area contributed by atoms with Crippen LogP contribution >= 0.6 is 0 Å². The first kappa shape index (κ1) is 13.8. The molecule has 2 rings (SSSR count). The third-order valence-corrected chi connectivity index (χ3v) is 3.41. The maximum absolute atomic E-state index is 12.0. The van der Waals surface area contributed by atoms with E-state index in [1.54, 1.807) is 20.8 Å². The molecule has 0 aromatic heterocycles. The smallest absolute Gasteiger partial charge is 0.417 e. The van der Waals surface area contributed by atoms with E-state index >= 15 is 0 Å². The van der Waals surface area contributed by atoms with Crippen molar-refractivity contribution >= 4 is 18.0 Å². The van der Waals surface area contributed by atoms with E-state index in [0.717, 1.165) is 11.3 Å². The fraction of sp³-hybridized carbons (Fsp3) is 0.769. The summed E-state index contributed by atoms with van der Waals surface area (Å²) in [5.74, 6) is -0.687. The van der Waals surface area contributed by atoms with Gasteiger partial charge in [-0.1, -0.05) is 0 Å². The van der Waals surface area contributed by atoms with Gasteiger partial charge in [0, 0.05) is 5.92 Å². The fourth-order valence-corrected chi connectivity index (χ4v) is 2.49. The molecular formula is C13H19NO5. The predicted molar refractivity (Wildman–Crippen MR) is 65.1 cm³/mol. The van der Waals surface area contributed by atoms with Crippen LogP contribution in [0.3, 0.4) is 0 Å². The summed E-state index contributed by atoms with van der Waals surface area (Å²) in [4.78, 5) is 36.6. The third kappa shape index (κ3) is 2.72. The molecule has 6 nitrogen and oxygen atoms in total. The molecule has 1 aliphatic heterocycles. The topological polar surface area (TPSA) is 72.9 Å². The molecule has 2 amide bonds. The van der Waals surface area contributed by atoms with Gasteiger partial charge in [-0.2, -0.15) is 0 Å². The van der Waals surface area contributed by atoms with Gasteiger partial charge in [0.25, 0.3) is 0 Å². The molecule has 0 N–H and O–H groups in total. The van der Waals surface area contributed by atoms with Gasteiger partial charge in [0.2, 0.25) is 5.91 Å². The van der Waals surface area contributed by atoms with Crippen molar-refractivity contribution in [2.75, 3.05) is 7.11 Å². The van der Waals surface area contributed by atoms with Crippen molar-refractivity contribution in [3.8, 4) is 0 Å². The summed E-state index contributed by atoms with van der Waals surface area (Å²) in [6, 6.07) is -0.417. The number of nitrogens with zero attached hydrogens (tertiary/aromatic N) is 1. The number of amides is 2. The monoisotopic (exact) mass is 269 g/mol. The number of hydrogen-bond acceptors (Lipinski definition) is 5. The summed E-state index contributed by atoms with van der Waals surface area (Å²) in [5, 5.41) is 0. The summed E-state index contributed by atoms with van der Waals surface area (Å²) in [6.07, 6.45) is 0.126. The number of methoxy groups -OCH3 is 1. The Morgan fingerprint density at radius 3 is 2.53 bits per heavy atom. The molecule has 0 spiro atoms. The zero-order valence-electron chi connectivity index (χ0n) is 11.6. The van der Waals surface area contributed by atoms with E-state index in [9.17, 15) is 14.4 Å². The minimum atomic E-state index is -0.668. The van der Waals surface area contributed by atoms with E-state index in [1.807, 2.05) is 0 Å². The Morgan fingerprint density at radius 1 is 1.37 bits per heavy atom. The molecule has 0 aromatic rings. The molecule has 0 aromatic carbocycles. The Morgan fingerprint density at radius 2 is 2.00 bits per heavy atom. The van der Waals surface area contributed by atoms with E-state index in [2.05, 4.69) is 4.74 Å². The summed E-state index contributed by atoms with van der Waals surface area (Å²) in [5.41, 5.74) is -0.667. The molecule has 1 saturated carbocycles. The Bertz CT molecular complexity index is 425. The van der Waals surface area contributed by atoms with Gasteiger partial charge in [0.05, 0.1) is 19.6 Å². The van der Waals surface area contributed by atoms with Crippen LogP contribution in [0.1, 0.15) is 33.6 Å². The second kappa shape index (κ2) is 4.51. The number of ether oxygens (including phenoxy) is 2. The van der Waals surface area contributed by atoms with Crippen molar-refractivity contribution in [2.24, 2.45) is 11.8 Å². The number of esters is 1. The van der Waals surface area contributed by atoms with E-state index in [0.29, 0.717) is 0 Å². The first-order valence-electron chi connectivity index (χ1n) is 6.37. The average molecular weight is 269 g/mol. The zero-order chi connectivity index (χ0) is 14.4. The maximum Gasteiger partial charge on any atom is 0.417 e. The van der Waals surface area contributed by atoms with E-state index < -0.39 is 23.7 Å². The first-order valence-corrected chi connectivity index (χ1v) is 6.37. The standard InChI is InChI=1S/C13H19NO5/c1-13(2,3)19-12(17)14-9(6-10(15)18-4)7-5-8(7)11(14)16/h7-9H,5-6H2,1-4H3/t7-,8+,9+/m1/s1.